The fourth-order valence-electron chi connectivity index (χ4n) is 1.75. The van der Waals surface area contributed by atoms with Gasteiger partial charge in [-0.3, -0.25) is 0 Å². The van der Waals surface area contributed by atoms with Crippen LogP contribution in [-0.2, 0) is 9.31 Å². The van der Waals surface area contributed by atoms with Gasteiger partial charge in [0.15, 0.2) is 17.4 Å². The molecule has 7 heteroatoms. The van der Waals surface area contributed by atoms with Crippen LogP contribution in [0.25, 0.3) is 0 Å². The van der Waals surface area contributed by atoms with Crippen LogP contribution in [0, 0.1) is 17.5 Å². The zero-order chi connectivity index (χ0) is 14.6. The van der Waals surface area contributed by atoms with E-state index in [4.69, 9.17) is 9.31 Å². The molecule has 0 saturated carbocycles. The van der Waals surface area contributed by atoms with Crippen LogP contribution in [-0.4, -0.2) is 23.4 Å². The van der Waals surface area contributed by atoms with E-state index in [0.717, 1.165) is 6.07 Å². The molecule has 1 fully saturated rings. The molecule has 1 saturated heterocycles. The summed E-state index contributed by atoms with van der Waals surface area (Å²) in [6, 6.07) is 0.774. The Morgan fingerprint density at radius 2 is 1.42 bits per heavy atom. The summed E-state index contributed by atoms with van der Waals surface area (Å²) in [6.45, 7) is 6.96. The summed E-state index contributed by atoms with van der Waals surface area (Å²) in [5.74, 6) is -5.78. The van der Waals surface area contributed by atoms with E-state index in [2.05, 4.69) is 0 Å². The molecular formula is C12H14BF3O3. The molecule has 2 rings (SSSR count). The quantitative estimate of drug-likeness (QED) is 0.629. The van der Waals surface area contributed by atoms with E-state index < -0.39 is 41.5 Å². The lowest BCUT2D eigenvalue weighted by atomic mass is 9.78. The number of hydrogen-bond acceptors (Lipinski definition) is 3. The first-order valence-electron chi connectivity index (χ1n) is 5.79. The van der Waals surface area contributed by atoms with Gasteiger partial charge >= 0.3 is 7.12 Å². The van der Waals surface area contributed by atoms with E-state index in [1.54, 1.807) is 27.7 Å². The van der Waals surface area contributed by atoms with Gasteiger partial charge < -0.3 is 14.4 Å². The highest BCUT2D eigenvalue weighted by atomic mass is 19.2. The lowest BCUT2D eigenvalue weighted by molar-refractivity contribution is 0.00578. The lowest BCUT2D eigenvalue weighted by Gasteiger charge is -2.32. The van der Waals surface area contributed by atoms with Crippen molar-refractivity contribution in [1.82, 2.24) is 0 Å². The van der Waals surface area contributed by atoms with Crippen molar-refractivity contribution in [2.75, 3.05) is 0 Å². The minimum atomic E-state index is -1.75. The van der Waals surface area contributed by atoms with E-state index in [1.165, 1.54) is 0 Å². The van der Waals surface area contributed by atoms with Crippen LogP contribution < -0.4 is 5.46 Å². The SMILES string of the molecule is CC1(C)OB(c2cc(O)c(F)c(F)c2F)OC1(C)C. The molecule has 1 heterocycles. The van der Waals surface area contributed by atoms with Gasteiger partial charge in [-0.05, 0) is 33.8 Å². The van der Waals surface area contributed by atoms with E-state index >= 15 is 0 Å². The van der Waals surface area contributed by atoms with Crippen molar-refractivity contribution < 1.29 is 27.6 Å². The third-order valence-corrected chi connectivity index (χ3v) is 3.66. The molecule has 1 aromatic carbocycles. The van der Waals surface area contributed by atoms with Crippen LogP contribution in [0.3, 0.4) is 0 Å². The Labute approximate surface area is 109 Å². The van der Waals surface area contributed by atoms with Gasteiger partial charge in [-0.15, -0.1) is 0 Å². The van der Waals surface area contributed by atoms with E-state index in [1.807, 2.05) is 0 Å². The molecule has 0 aliphatic carbocycles. The molecule has 1 aromatic rings. The Hall–Kier alpha value is -1.21. The Bertz CT molecular complexity index is 515. The zero-order valence-electron chi connectivity index (χ0n) is 11.1. The predicted octanol–water partition coefficient (Wildman–Crippen LogP) is 2.11. The van der Waals surface area contributed by atoms with Crippen molar-refractivity contribution in [2.45, 2.75) is 38.9 Å². The summed E-state index contributed by atoms with van der Waals surface area (Å²) < 4.78 is 51.0. The van der Waals surface area contributed by atoms with Crippen LogP contribution in [0.5, 0.6) is 5.75 Å². The normalized spacial score (nSPS) is 20.9. The minimum absolute atomic E-state index is 0.366. The Morgan fingerprint density at radius 1 is 0.947 bits per heavy atom. The average molecular weight is 274 g/mol. The smallest absolute Gasteiger partial charge is 0.498 e. The van der Waals surface area contributed by atoms with Crippen LogP contribution in [0.2, 0.25) is 0 Å². The Balaban J connectivity index is 2.46. The van der Waals surface area contributed by atoms with Crippen molar-refractivity contribution in [2.24, 2.45) is 0 Å². The molecule has 0 aromatic heterocycles. The molecule has 1 N–H and O–H groups in total. The second kappa shape index (κ2) is 4.14. The van der Waals surface area contributed by atoms with Crippen LogP contribution in [0.15, 0.2) is 6.07 Å². The largest absolute Gasteiger partial charge is 0.505 e. The maximum atomic E-state index is 13.7. The Morgan fingerprint density at radius 3 is 1.89 bits per heavy atom. The van der Waals surface area contributed by atoms with Gasteiger partial charge in [0, 0.05) is 5.46 Å². The summed E-state index contributed by atoms with van der Waals surface area (Å²) in [7, 11) is -1.20. The van der Waals surface area contributed by atoms with Crippen LogP contribution in [0.4, 0.5) is 13.2 Å². The van der Waals surface area contributed by atoms with Crippen molar-refractivity contribution in [3.05, 3.63) is 23.5 Å². The zero-order valence-corrected chi connectivity index (χ0v) is 11.1. The number of rotatable bonds is 1. The van der Waals surface area contributed by atoms with Crippen molar-refractivity contribution in [1.29, 1.82) is 0 Å². The topological polar surface area (TPSA) is 38.7 Å². The van der Waals surface area contributed by atoms with Crippen molar-refractivity contribution in [3.63, 3.8) is 0 Å². The monoisotopic (exact) mass is 274 g/mol. The van der Waals surface area contributed by atoms with E-state index in [0.29, 0.717) is 0 Å². The van der Waals surface area contributed by atoms with Gasteiger partial charge in [0.05, 0.1) is 11.2 Å². The molecule has 0 spiro atoms. The fourth-order valence-corrected chi connectivity index (χ4v) is 1.75. The second-order valence-corrected chi connectivity index (χ2v) is 5.52. The van der Waals surface area contributed by atoms with Crippen LogP contribution >= 0.6 is 0 Å². The number of aromatic hydroxyl groups is 1. The summed E-state index contributed by atoms with van der Waals surface area (Å²) >= 11 is 0. The maximum absolute atomic E-state index is 13.7. The highest BCUT2D eigenvalue weighted by Gasteiger charge is 2.53. The summed E-state index contributed by atoms with van der Waals surface area (Å²) in [5, 5.41) is 9.23. The standard InChI is InChI=1S/C12H14BF3O3/c1-11(2)12(3,4)19-13(18-11)6-5-7(17)9(15)10(16)8(6)14/h5,17H,1-4H3. The van der Waals surface area contributed by atoms with Gasteiger partial charge in [0.1, 0.15) is 0 Å². The first-order chi connectivity index (χ1) is 8.57. The molecule has 0 bridgehead atoms. The number of phenols is 1. The average Bonchev–Trinajstić information content (AvgIpc) is 2.50. The molecule has 0 atom stereocenters. The first kappa shape index (κ1) is 14.2. The molecule has 0 amide bonds. The summed E-state index contributed by atoms with van der Waals surface area (Å²) in [6.07, 6.45) is 0. The molecule has 3 nitrogen and oxygen atoms in total. The number of halogens is 3. The molecule has 0 unspecified atom stereocenters. The third-order valence-electron chi connectivity index (χ3n) is 3.66. The third kappa shape index (κ3) is 2.10. The molecular weight excluding hydrogens is 260 g/mol. The first-order valence-corrected chi connectivity index (χ1v) is 5.79. The van der Waals surface area contributed by atoms with Crippen molar-refractivity contribution in [3.8, 4) is 5.75 Å². The van der Waals surface area contributed by atoms with Gasteiger partial charge in [0.25, 0.3) is 0 Å². The van der Waals surface area contributed by atoms with Crippen LogP contribution in [0.1, 0.15) is 27.7 Å². The predicted molar refractivity (Wildman–Crippen MR) is 63.7 cm³/mol. The molecule has 1 aliphatic rings. The van der Waals surface area contributed by atoms with E-state index in [-0.39, 0.29) is 5.46 Å². The Kier molecular flexibility index (Phi) is 3.10. The fraction of sp³-hybridized carbons (Fsp3) is 0.500. The number of benzene rings is 1. The van der Waals surface area contributed by atoms with Gasteiger partial charge in [-0.1, -0.05) is 0 Å². The molecule has 104 valence electrons. The highest BCUT2D eigenvalue weighted by Crippen LogP contribution is 2.37. The second-order valence-electron chi connectivity index (χ2n) is 5.52. The van der Waals surface area contributed by atoms with Gasteiger partial charge in [-0.2, -0.15) is 4.39 Å². The lowest BCUT2D eigenvalue weighted by Crippen LogP contribution is -2.41. The van der Waals surface area contributed by atoms with Gasteiger partial charge in [-0.25, -0.2) is 8.78 Å². The maximum Gasteiger partial charge on any atom is 0.498 e. The van der Waals surface area contributed by atoms with E-state index in [9.17, 15) is 18.3 Å². The molecule has 0 radical (unpaired) electrons. The van der Waals surface area contributed by atoms with Crippen molar-refractivity contribution >= 4 is 12.6 Å². The highest BCUT2D eigenvalue weighted by molar-refractivity contribution is 6.62. The summed E-state index contributed by atoms with van der Waals surface area (Å²) in [5.41, 5.74) is -1.86. The minimum Gasteiger partial charge on any atom is -0.505 e. The number of hydrogen-bond donors (Lipinski definition) is 1. The number of phenolic OH excluding ortho intramolecular Hbond substituents is 1. The molecule has 19 heavy (non-hydrogen) atoms. The summed E-state index contributed by atoms with van der Waals surface area (Å²) in [4.78, 5) is 0. The van der Waals surface area contributed by atoms with Gasteiger partial charge in [0.2, 0.25) is 5.82 Å². The molecule has 1 aliphatic heterocycles.